The Kier molecular flexibility index (Phi) is 6.59. The molecule has 0 fully saturated rings. The Hall–Kier alpha value is -2.69. The van der Waals surface area contributed by atoms with Crippen LogP contribution in [0.3, 0.4) is 0 Å². The van der Waals surface area contributed by atoms with Crippen molar-refractivity contribution in [2.24, 2.45) is 0 Å². The maximum Gasteiger partial charge on any atom is 0.319 e. The zero-order chi connectivity index (χ0) is 21.9. The first-order valence-corrected chi connectivity index (χ1v) is 11.2. The summed E-state index contributed by atoms with van der Waals surface area (Å²) in [5, 5.41) is 14.1. The third-order valence-electron chi connectivity index (χ3n) is 4.24. The molecular weight excluding hydrogens is 428 g/mol. The highest BCUT2D eigenvalue weighted by Crippen LogP contribution is 2.20. The number of carbonyl (C=O) groups excluding carboxylic acids is 1. The number of anilines is 1. The van der Waals surface area contributed by atoms with Crippen molar-refractivity contribution in [2.45, 2.75) is 38.3 Å². The lowest BCUT2D eigenvalue weighted by atomic mass is 10.2. The summed E-state index contributed by atoms with van der Waals surface area (Å²) in [4.78, 5) is 12.3. The summed E-state index contributed by atoms with van der Waals surface area (Å²) >= 11 is 5.96. The lowest BCUT2D eigenvalue weighted by Gasteiger charge is -2.11. The van der Waals surface area contributed by atoms with E-state index < -0.39 is 10.0 Å². The van der Waals surface area contributed by atoms with Crippen molar-refractivity contribution in [3.05, 3.63) is 47.0 Å². The summed E-state index contributed by atoms with van der Waals surface area (Å²) in [6, 6.07) is 9.32. The van der Waals surface area contributed by atoms with E-state index in [9.17, 15) is 13.2 Å². The van der Waals surface area contributed by atoms with Crippen LogP contribution >= 0.6 is 11.6 Å². The average molecular weight is 451 g/mol. The Morgan fingerprint density at radius 2 is 1.97 bits per heavy atom. The van der Waals surface area contributed by atoms with Gasteiger partial charge in [0, 0.05) is 23.3 Å². The van der Waals surface area contributed by atoms with Crippen molar-refractivity contribution in [1.82, 2.24) is 25.0 Å². The molecule has 0 saturated carbocycles. The first-order valence-electron chi connectivity index (χ1n) is 9.32. The Balaban J connectivity index is 1.63. The van der Waals surface area contributed by atoms with Crippen molar-refractivity contribution < 1.29 is 13.2 Å². The van der Waals surface area contributed by atoms with Crippen LogP contribution in [0.1, 0.15) is 19.4 Å². The molecule has 0 radical (unpaired) electrons. The van der Waals surface area contributed by atoms with Gasteiger partial charge in [-0.1, -0.05) is 22.9 Å². The fourth-order valence-corrected chi connectivity index (χ4v) is 4.28. The van der Waals surface area contributed by atoms with Crippen molar-refractivity contribution >= 4 is 44.4 Å². The molecule has 0 saturated heterocycles. The molecule has 0 aliphatic rings. The van der Waals surface area contributed by atoms with Gasteiger partial charge in [-0.2, -0.15) is 0 Å². The van der Waals surface area contributed by atoms with Crippen LogP contribution in [0.5, 0.6) is 0 Å². The molecule has 1 aromatic heterocycles. The molecule has 0 unspecified atom stereocenters. The Morgan fingerprint density at radius 1 is 1.20 bits per heavy atom. The van der Waals surface area contributed by atoms with Crippen molar-refractivity contribution in [3.8, 4) is 0 Å². The predicted octanol–water partition coefficient (Wildman–Crippen LogP) is 2.90. The van der Waals surface area contributed by atoms with E-state index in [4.69, 9.17) is 11.6 Å². The number of carbonyl (C=O) groups is 1. The quantitative estimate of drug-likeness (QED) is 0.511. The Morgan fingerprint density at radius 3 is 2.70 bits per heavy atom. The number of urea groups is 1. The van der Waals surface area contributed by atoms with Crippen LogP contribution in [0.15, 0.2) is 41.3 Å². The van der Waals surface area contributed by atoms with E-state index in [1.807, 2.05) is 13.0 Å². The maximum absolute atomic E-state index is 12.3. The highest BCUT2D eigenvalue weighted by molar-refractivity contribution is 7.89. The third kappa shape index (κ3) is 5.26. The van der Waals surface area contributed by atoms with Crippen molar-refractivity contribution in [2.75, 3.05) is 11.9 Å². The standard InChI is InChI=1S/C19H23ClN6O3S/c1-12(2)24-30(28,29)15-6-7-18-17(11-15)23-25-26(18)9-8-21-19(27)22-16-10-14(20)5-4-13(16)3/h4-7,10-12,24H,8-9H2,1-3H3,(H2,21,22,27). The van der Waals surface area contributed by atoms with E-state index in [0.717, 1.165) is 5.56 Å². The number of rotatable bonds is 7. The minimum atomic E-state index is -3.61. The van der Waals surface area contributed by atoms with Crippen LogP contribution in [0.2, 0.25) is 5.02 Å². The zero-order valence-electron chi connectivity index (χ0n) is 16.8. The molecule has 11 heteroatoms. The van der Waals surface area contributed by atoms with Gasteiger partial charge in [-0.3, -0.25) is 0 Å². The maximum atomic E-state index is 12.3. The topological polar surface area (TPSA) is 118 Å². The monoisotopic (exact) mass is 450 g/mol. The van der Waals surface area contributed by atoms with Crippen LogP contribution in [-0.2, 0) is 16.6 Å². The van der Waals surface area contributed by atoms with Crippen molar-refractivity contribution in [3.63, 3.8) is 0 Å². The fraction of sp³-hybridized carbons (Fsp3) is 0.316. The number of hydrogen-bond donors (Lipinski definition) is 3. The van der Waals surface area contributed by atoms with Gasteiger partial charge in [-0.15, -0.1) is 5.10 Å². The molecule has 30 heavy (non-hydrogen) atoms. The van der Waals surface area contributed by atoms with Crippen LogP contribution in [0.25, 0.3) is 11.0 Å². The number of fused-ring (bicyclic) bond motifs is 1. The third-order valence-corrected chi connectivity index (χ3v) is 6.13. The molecular formula is C19H23ClN6O3S. The van der Waals surface area contributed by atoms with Gasteiger partial charge in [-0.05, 0) is 56.7 Å². The molecule has 0 aliphatic carbocycles. The van der Waals surface area contributed by atoms with E-state index >= 15 is 0 Å². The SMILES string of the molecule is Cc1ccc(Cl)cc1NC(=O)NCCn1nnc2cc(S(=O)(=O)NC(C)C)ccc21. The van der Waals surface area contributed by atoms with Crippen LogP contribution in [-0.4, -0.2) is 42.0 Å². The lowest BCUT2D eigenvalue weighted by Crippen LogP contribution is -2.32. The first kappa shape index (κ1) is 22.0. The van der Waals surface area contributed by atoms with E-state index in [0.29, 0.717) is 34.8 Å². The first-order chi connectivity index (χ1) is 14.2. The molecule has 3 aromatic rings. The summed E-state index contributed by atoms with van der Waals surface area (Å²) < 4.78 is 28.8. The van der Waals surface area contributed by atoms with E-state index in [1.165, 1.54) is 12.1 Å². The van der Waals surface area contributed by atoms with Gasteiger partial charge in [0.05, 0.1) is 17.0 Å². The minimum Gasteiger partial charge on any atom is -0.336 e. The number of aromatic nitrogens is 3. The minimum absolute atomic E-state index is 0.130. The zero-order valence-corrected chi connectivity index (χ0v) is 18.4. The van der Waals surface area contributed by atoms with E-state index in [1.54, 1.807) is 36.7 Å². The molecule has 0 bridgehead atoms. The number of hydrogen-bond acceptors (Lipinski definition) is 5. The Labute approximate surface area is 179 Å². The summed E-state index contributed by atoms with van der Waals surface area (Å²) in [6.45, 7) is 6.05. The fourth-order valence-electron chi connectivity index (χ4n) is 2.83. The predicted molar refractivity (Wildman–Crippen MR) is 116 cm³/mol. The molecule has 9 nitrogen and oxygen atoms in total. The molecule has 2 aromatic carbocycles. The lowest BCUT2D eigenvalue weighted by molar-refractivity contribution is 0.251. The highest BCUT2D eigenvalue weighted by Gasteiger charge is 2.17. The Bertz CT molecular complexity index is 1180. The number of benzene rings is 2. The number of nitrogens with zero attached hydrogens (tertiary/aromatic N) is 3. The number of sulfonamides is 1. The molecule has 2 amide bonds. The van der Waals surface area contributed by atoms with Crippen LogP contribution in [0, 0.1) is 6.92 Å². The molecule has 3 rings (SSSR count). The van der Waals surface area contributed by atoms with Gasteiger partial charge in [-0.25, -0.2) is 22.6 Å². The van der Waals surface area contributed by atoms with Crippen LogP contribution in [0.4, 0.5) is 10.5 Å². The second kappa shape index (κ2) is 8.99. The molecule has 0 atom stereocenters. The number of halogens is 1. The van der Waals surface area contributed by atoms with E-state index in [2.05, 4.69) is 25.7 Å². The average Bonchev–Trinajstić information content (AvgIpc) is 3.06. The molecule has 3 N–H and O–H groups in total. The molecule has 1 heterocycles. The van der Waals surface area contributed by atoms with Gasteiger partial charge < -0.3 is 10.6 Å². The molecule has 0 spiro atoms. The van der Waals surface area contributed by atoms with E-state index in [-0.39, 0.29) is 17.0 Å². The second-order valence-electron chi connectivity index (χ2n) is 7.08. The second-order valence-corrected chi connectivity index (χ2v) is 9.23. The molecule has 160 valence electrons. The normalized spacial score (nSPS) is 11.8. The largest absolute Gasteiger partial charge is 0.336 e. The molecule has 0 aliphatic heterocycles. The number of aryl methyl sites for hydroxylation is 1. The van der Waals surface area contributed by atoms with Gasteiger partial charge in [0.1, 0.15) is 5.52 Å². The van der Waals surface area contributed by atoms with Gasteiger partial charge in [0.2, 0.25) is 10.0 Å². The smallest absolute Gasteiger partial charge is 0.319 e. The van der Waals surface area contributed by atoms with Gasteiger partial charge in [0.25, 0.3) is 0 Å². The van der Waals surface area contributed by atoms with Crippen LogP contribution < -0.4 is 15.4 Å². The summed E-state index contributed by atoms with van der Waals surface area (Å²) in [5.74, 6) is 0. The van der Waals surface area contributed by atoms with Gasteiger partial charge in [0.15, 0.2) is 0 Å². The van der Waals surface area contributed by atoms with Crippen molar-refractivity contribution in [1.29, 1.82) is 0 Å². The summed E-state index contributed by atoms with van der Waals surface area (Å²) in [7, 11) is -3.61. The van der Waals surface area contributed by atoms with Gasteiger partial charge >= 0.3 is 6.03 Å². The number of nitrogens with one attached hydrogen (secondary N) is 3. The highest BCUT2D eigenvalue weighted by atomic mass is 35.5. The summed E-state index contributed by atoms with van der Waals surface area (Å²) in [6.07, 6.45) is 0. The summed E-state index contributed by atoms with van der Waals surface area (Å²) in [5.41, 5.74) is 2.66. The number of amides is 2.